The van der Waals surface area contributed by atoms with Crippen LogP contribution in [0, 0.1) is 0 Å². The molecule has 0 saturated carbocycles. The normalized spacial score (nSPS) is 21.5. The summed E-state index contributed by atoms with van der Waals surface area (Å²) in [5.74, 6) is -0.776. The number of ether oxygens (including phenoxy) is 3. The topological polar surface area (TPSA) is 137 Å². The standard InChI is InChI=1S/C33H32N2O8S/c1-21(36)32(40)29(43-22(2)37)27(44-30(32)35-19-18-28(38)34-31(35)39)20-42-33(23-10-6-4-7-11-23,24-12-8-5-9-13-24)25-14-16-26(41-3)17-15-25/h4-19,27,29-30,40H,20H2,1-3H3,(H,34,38,39)/t27-,29-,30-,32-/m1/s1. The summed E-state index contributed by atoms with van der Waals surface area (Å²) in [5.41, 5.74) is -2.56. The molecule has 1 aliphatic heterocycles. The molecule has 0 radical (unpaired) electrons. The van der Waals surface area contributed by atoms with Crippen molar-refractivity contribution in [1.29, 1.82) is 0 Å². The van der Waals surface area contributed by atoms with Gasteiger partial charge in [0, 0.05) is 19.2 Å². The minimum absolute atomic E-state index is 0.122. The largest absolute Gasteiger partial charge is 0.497 e. The van der Waals surface area contributed by atoms with E-state index in [9.17, 15) is 24.3 Å². The van der Waals surface area contributed by atoms with Crippen molar-refractivity contribution in [3.8, 4) is 5.75 Å². The fourth-order valence-electron chi connectivity index (χ4n) is 5.63. The van der Waals surface area contributed by atoms with Crippen LogP contribution in [0.2, 0.25) is 0 Å². The molecule has 5 rings (SSSR count). The van der Waals surface area contributed by atoms with Gasteiger partial charge in [-0.25, -0.2) is 4.79 Å². The Morgan fingerprint density at radius 1 is 0.909 bits per heavy atom. The fraction of sp³-hybridized carbons (Fsp3) is 0.273. The number of esters is 1. The van der Waals surface area contributed by atoms with Crippen molar-refractivity contribution in [2.24, 2.45) is 0 Å². The molecular weight excluding hydrogens is 584 g/mol. The zero-order valence-corrected chi connectivity index (χ0v) is 25.2. The highest BCUT2D eigenvalue weighted by atomic mass is 32.2. The van der Waals surface area contributed by atoms with Gasteiger partial charge in [0.2, 0.25) is 0 Å². The summed E-state index contributed by atoms with van der Waals surface area (Å²) in [5, 5.41) is 9.88. The van der Waals surface area contributed by atoms with E-state index in [1.54, 1.807) is 7.11 Å². The lowest BCUT2D eigenvalue weighted by Gasteiger charge is -2.37. The molecule has 1 aliphatic rings. The molecule has 2 heterocycles. The van der Waals surface area contributed by atoms with Crippen molar-refractivity contribution in [3.63, 3.8) is 0 Å². The van der Waals surface area contributed by atoms with Gasteiger partial charge < -0.3 is 19.3 Å². The number of H-pyrrole nitrogens is 1. The van der Waals surface area contributed by atoms with Gasteiger partial charge in [-0.3, -0.25) is 23.9 Å². The molecule has 44 heavy (non-hydrogen) atoms. The molecule has 3 aromatic carbocycles. The molecule has 11 heteroatoms. The number of aromatic amines is 1. The van der Waals surface area contributed by atoms with E-state index >= 15 is 0 Å². The van der Waals surface area contributed by atoms with Crippen LogP contribution < -0.4 is 16.0 Å². The third-order valence-corrected chi connectivity index (χ3v) is 9.31. The van der Waals surface area contributed by atoms with Gasteiger partial charge in [0.25, 0.3) is 5.56 Å². The van der Waals surface area contributed by atoms with Crippen LogP contribution in [0.1, 0.15) is 35.9 Å². The number of methoxy groups -OCH3 is 1. The molecule has 0 bridgehead atoms. The van der Waals surface area contributed by atoms with Crippen LogP contribution in [-0.2, 0) is 24.7 Å². The number of Topliss-reactive ketones (excluding diaryl/α,β-unsaturated/α-hetero) is 1. The van der Waals surface area contributed by atoms with E-state index in [0.717, 1.165) is 39.1 Å². The third-order valence-electron chi connectivity index (χ3n) is 7.73. The Morgan fingerprint density at radius 3 is 1.98 bits per heavy atom. The van der Waals surface area contributed by atoms with Crippen LogP contribution in [0.25, 0.3) is 0 Å². The van der Waals surface area contributed by atoms with Gasteiger partial charge in [0.05, 0.1) is 19.0 Å². The maximum Gasteiger partial charge on any atom is 0.329 e. The Morgan fingerprint density at radius 2 is 1.48 bits per heavy atom. The molecule has 0 unspecified atom stereocenters. The molecule has 0 spiro atoms. The van der Waals surface area contributed by atoms with Gasteiger partial charge in [0.1, 0.15) is 16.7 Å². The Labute approximate surface area is 257 Å². The second-order valence-corrected chi connectivity index (χ2v) is 11.7. The van der Waals surface area contributed by atoms with E-state index in [-0.39, 0.29) is 6.61 Å². The summed E-state index contributed by atoms with van der Waals surface area (Å²) in [4.78, 5) is 52.2. The van der Waals surface area contributed by atoms with E-state index in [2.05, 4.69) is 4.98 Å². The van der Waals surface area contributed by atoms with Crippen LogP contribution in [0.15, 0.2) is 107 Å². The smallest absolute Gasteiger partial charge is 0.329 e. The van der Waals surface area contributed by atoms with Crippen LogP contribution in [0.3, 0.4) is 0 Å². The van der Waals surface area contributed by atoms with Crippen LogP contribution in [-0.4, -0.2) is 57.1 Å². The number of nitrogens with one attached hydrogen (secondary N) is 1. The van der Waals surface area contributed by atoms with E-state index in [0.29, 0.717) is 5.75 Å². The Balaban J connectivity index is 1.64. The Kier molecular flexibility index (Phi) is 8.91. The summed E-state index contributed by atoms with van der Waals surface area (Å²) >= 11 is 1.05. The van der Waals surface area contributed by atoms with Crippen molar-refractivity contribution < 1.29 is 28.9 Å². The second-order valence-electron chi connectivity index (χ2n) is 10.4. The molecule has 1 saturated heterocycles. The number of thioether (sulfide) groups is 1. The number of carbonyl (C=O) groups is 2. The van der Waals surface area contributed by atoms with Crippen LogP contribution >= 0.6 is 11.8 Å². The second kappa shape index (κ2) is 12.7. The summed E-state index contributed by atoms with van der Waals surface area (Å²) in [7, 11) is 1.58. The zero-order valence-electron chi connectivity index (χ0n) is 24.3. The summed E-state index contributed by atoms with van der Waals surface area (Å²) < 4.78 is 19.0. The van der Waals surface area contributed by atoms with Crippen LogP contribution in [0.5, 0.6) is 5.75 Å². The highest BCUT2D eigenvalue weighted by Crippen LogP contribution is 2.51. The lowest BCUT2D eigenvalue weighted by molar-refractivity contribution is -0.171. The van der Waals surface area contributed by atoms with Gasteiger partial charge in [-0.15, -0.1) is 11.8 Å². The lowest BCUT2D eigenvalue weighted by atomic mass is 9.80. The number of rotatable bonds is 10. The molecule has 228 valence electrons. The average Bonchev–Trinajstić information content (AvgIpc) is 3.30. The first kappa shape index (κ1) is 31.0. The fourth-order valence-corrected chi connectivity index (χ4v) is 7.32. The summed E-state index contributed by atoms with van der Waals surface area (Å²) in [6, 6.07) is 27.8. The first-order chi connectivity index (χ1) is 21.1. The zero-order chi connectivity index (χ0) is 31.5. The number of aliphatic hydroxyl groups is 1. The lowest BCUT2D eigenvalue weighted by Crippen LogP contribution is -2.55. The number of hydrogen-bond donors (Lipinski definition) is 2. The first-order valence-electron chi connectivity index (χ1n) is 13.9. The van der Waals surface area contributed by atoms with E-state index < -0.39 is 50.9 Å². The summed E-state index contributed by atoms with van der Waals surface area (Å²) in [6.45, 7) is 2.22. The number of aromatic nitrogens is 2. The molecule has 2 N–H and O–H groups in total. The van der Waals surface area contributed by atoms with Gasteiger partial charge in [-0.1, -0.05) is 72.8 Å². The number of nitrogens with zero attached hydrogens (tertiary/aromatic N) is 1. The number of ketones is 1. The molecule has 1 aromatic heterocycles. The average molecular weight is 617 g/mol. The predicted molar refractivity (Wildman–Crippen MR) is 165 cm³/mol. The van der Waals surface area contributed by atoms with Gasteiger partial charge in [-0.2, -0.15) is 0 Å². The minimum atomic E-state index is -2.31. The van der Waals surface area contributed by atoms with E-state index in [1.807, 2.05) is 84.9 Å². The van der Waals surface area contributed by atoms with Crippen molar-refractivity contribution in [3.05, 3.63) is 135 Å². The van der Waals surface area contributed by atoms with Crippen molar-refractivity contribution in [2.75, 3.05) is 13.7 Å². The van der Waals surface area contributed by atoms with Crippen molar-refractivity contribution >= 4 is 23.5 Å². The molecule has 4 aromatic rings. The molecule has 1 fully saturated rings. The summed E-state index contributed by atoms with van der Waals surface area (Å²) in [6.07, 6.45) is -0.178. The molecule has 0 aliphatic carbocycles. The van der Waals surface area contributed by atoms with Crippen molar-refractivity contribution in [2.45, 2.75) is 41.8 Å². The van der Waals surface area contributed by atoms with Gasteiger partial charge in [-0.05, 0) is 35.7 Å². The quantitative estimate of drug-likeness (QED) is 0.203. The molecule has 10 nitrogen and oxygen atoms in total. The first-order valence-corrected chi connectivity index (χ1v) is 14.8. The van der Waals surface area contributed by atoms with E-state index in [1.165, 1.54) is 20.0 Å². The van der Waals surface area contributed by atoms with Gasteiger partial charge in [0.15, 0.2) is 17.5 Å². The predicted octanol–water partition coefficient (Wildman–Crippen LogP) is 3.42. The molecule has 0 amide bonds. The maximum atomic E-state index is 13.1. The highest BCUT2D eigenvalue weighted by molar-refractivity contribution is 8.00. The van der Waals surface area contributed by atoms with Gasteiger partial charge >= 0.3 is 11.7 Å². The highest BCUT2D eigenvalue weighted by Gasteiger charge is 2.62. The number of hydrogen-bond acceptors (Lipinski definition) is 9. The Hall–Kier alpha value is -4.45. The SMILES string of the molecule is COc1ccc(C(OC[C@H]2S[C@@H](n3ccc(=O)[nH]c3=O)[C@@](O)(C(C)=O)[C@@H]2OC(C)=O)(c2ccccc2)c2ccccc2)cc1. The third kappa shape index (κ3) is 5.61. The number of carbonyl (C=O) groups excluding carboxylic acids is 2. The molecular formula is C33H32N2O8S. The maximum absolute atomic E-state index is 13.1. The van der Waals surface area contributed by atoms with Crippen molar-refractivity contribution in [1.82, 2.24) is 9.55 Å². The minimum Gasteiger partial charge on any atom is -0.497 e. The van der Waals surface area contributed by atoms with E-state index in [4.69, 9.17) is 14.2 Å². The number of benzene rings is 3. The Bertz CT molecular complexity index is 1700. The molecule has 4 atom stereocenters. The monoisotopic (exact) mass is 616 g/mol. The van der Waals surface area contributed by atoms with Crippen LogP contribution in [0.4, 0.5) is 0 Å².